The lowest BCUT2D eigenvalue weighted by atomic mass is 10.1. The fourth-order valence-corrected chi connectivity index (χ4v) is 1.64. The summed E-state index contributed by atoms with van der Waals surface area (Å²) in [5.41, 5.74) is 1.38. The number of ether oxygens (including phenoxy) is 1. The van der Waals surface area contributed by atoms with E-state index in [9.17, 15) is 4.79 Å². The van der Waals surface area contributed by atoms with Crippen LogP contribution in [0.4, 0.5) is 5.95 Å². The first kappa shape index (κ1) is 13.4. The fourth-order valence-electron chi connectivity index (χ4n) is 1.47. The van der Waals surface area contributed by atoms with Crippen LogP contribution in [0.5, 0.6) is 6.01 Å². The molecular formula is C12H13ClN4O2. The van der Waals surface area contributed by atoms with Crippen molar-refractivity contribution in [1.82, 2.24) is 15.2 Å². The topological polar surface area (TPSA) is 79.9 Å². The van der Waals surface area contributed by atoms with E-state index in [2.05, 4.69) is 20.5 Å². The molecule has 0 bridgehead atoms. The molecular weight excluding hydrogens is 268 g/mol. The third kappa shape index (κ3) is 3.45. The molecule has 1 aromatic carbocycles. The molecule has 2 rings (SSSR count). The molecule has 7 heteroatoms. The van der Waals surface area contributed by atoms with E-state index < -0.39 is 0 Å². The highest BCUT2D eigenvalue weighted by Gasteiger charge is 2.10. The lowest BCUT2D eigenvalue weighted by molar-refractivity contribution is 0.102. The Morgan fingerprint density at radius 1 is 1.53 bits per heavy atom. The average molecular weight is 281 g/mol. The molecule has 0 unspecified atom stereocenters. The fraction of sp³-hybridized carbons (Fsp3) is 0.250. The zero-order chi connectivity index (χ0) is 13.7. The summed E-state index contributed by atoms with van der Waals surface area (Å²) in [6.07, 6.45) is 0. The molecule has 0 aliphatic carbocycles. The quantitative estimate of drug-likeness (QED) is 0.823. The van der Waals surface area contributed by atoms with Crippen LogP contribution in [0.15, 0.2) is 24.3 Å². The van der Waals surface area contributed by atoms with Gasteiger partial charge in [0.1, 0.15) is 0 Å². The normalized spacial score (nSPS) is 10.2. The Hall–Kier alpha value is -2.08. The number of aromatic amines is 1. The van der Waals surface area contributed by atoms with Crippen molar-refractivity contribution in [1.29, 1.82) is 0 Å². The monoisotopic (exact) mass is 280 g/mol. The molecule has 2 aromatic rings. The maximum Gasteiger partial charge on any atom is 0.337 e. The van der Waals surface area contributed by atoms with Gasteiger partial charge in [0.15, 0.2) is 0 Å². The summed E-state index contributed by atoms with van der Waals surface area (Å²) in [6.45, 7) is 2.29. The molecule has 0 saturated heterocycles. The highest BCUT2D eigenvalue weighted by molar-refractivity contribution is 6.17. The number of nitrogens with one attached hydrogen (secondary N) is 2. The third-order valence-electron chi connectivity index (χ3n) is 2.31. The number of rotatable bonds is 5. The lowest BCUT2D eigenvalue weighted by Crippen LogP contribution is -2.13. The minimum Gasteiger partial charge on any atom is -0.463 e. The number of alkyl halides is 1. The number of amides is 1. The van der Waals surface area contributed by atoms with Crippen molar-refractivity contribution in [2.45, 2.75) is 12.8 Å². The van der Waals surface area contributed by atoms with Gasteiger partial charge in [-0.15, -0.1) is 16.7 Å². The van der Waals surface area contributed by atoms with Crippen LogP contribution < -0.4 is 10.1 Å². The Labute approximate surface area is 115 Å². The zero-order valence-electron chi connectivity index (χ0n) is 10.3. The van der Waals surface area contributed by atoms with Crippen molar-refractivity contribution in [3.05, 3.63) is 35.4 Å². The summed E-state index contributed by atoms with van der Waals surface area (Å²) >= 11 is 5.73. The standard InChI is InChI=1S/C12H13ClN4O2/c1-2-19-12-15-11(16-17-12)14-10(18)9-5-3-4-8(6-9)7-13/h3-6H,2,7H2,1H3,(H2,14,15,16,17,18). The van der Waals surface area contributed by atoms with Gasteiger partial charge in [0, 0.05) is 11.4 Å². The molecule has 0 fully saturated rings. The first-order valence-electron chi connectivity index (χ1n) is 5.74. The number of benzene rings is 1. The van der Waals surface area contributed by atoms with E-state index in [1.165, 1.54) is 0 Å². The molecule has 1 aromatic heterocycles. The van der Waals surface area contributed by atoms with Gasteiger partial charge >= 0.3 is 6.01 Å². The van der Waals surface area contributed by atoms with Crippen molar-refractivity contribution in [3.8, 4) is 6.01 Å². The predicted octanol–water partition coefficient (Wildman–Crippen LogP) is 2.19. The Bertz CT molecular complexity index is 570. The van der Waals surface area contributed by atoms with Gasteiger partial charge in [0.25, 0.3) is 5.91 Å². The van der Waals surface area contributed by atoms with Crippen molar-refractivity contribution >= 4 is 23.5 Å². The molecule has 19 heavy (non-hydrogen) atoms. The van der Waals surface area contributed by atoms with Crippen LogP contribution in [0.3, 0.4) is 0 Å². The Balaban J connectivity index is 2.06. The van der Waals surface area contributed by atoms with Crippen LogP contribution in [-0.4, -0.2) is 27.7 Å². The van der Waals surface area contributed by atoms with Gasteiger partial charge in [-0.3, -0.25) is 10.1 Å². The second-order valence-electron chi connectivity index (χ2n) is 3.69. The number of carbonyl (C=O) groups excluding carboxylic acids is 1. The number of anilines is 1. The molecule has 0 atom stereocenters. The number of H-pyrrole nitrogens is 1. The van der Waals surface area contributed by atoms with E-state index in [1.54, 1.807) is 18.2 Å². The predicted molar refractivity (Wildman–Crippen MR) is 71.5 cm³/mol. The number of nitrogens with zero attached hydrogens (tertiary/aromatic N) is 2. The molecule has 2 N–H and O–H groups in total. The van der Waals surface area contributed by atoms with Gasteiger partial charge in [-0.25, -0.2) is 5.10 Å². The van der Waals surface area contributed by atoms with Crippen molar-refractivity contribution in [2.24, 2.45) is 0 Å². The van der Waals surface area contributed by atoms with Gasteiger partial charge in [-0.2, -0.15) is 4.98 Å². The second kappa shape index (κ2) is 6.19. The van der Waals surface area contributed by atoms with Crippen LogP contribution in [0, 0.1) is 0 Å². The summed E-state index contributed by atoms with van der Waals surface area (Å²) in [5, 5.41) is 8.97. The molecule has 0 spiro atoms. The van der Waals surface area contributed by atoms with Crippen molar-refractivity contribution < 1.29 is 9.53 Å². The molecule has 1 heterocycles. The van der Waals surface area contributed by atoms with Crippen LogP contribution in [-0.2, 0) is 5.88 Å². The molecule has 0 aliphatic rings. The van der Waals surface area contributed by atoms with E-state index in [0.717, 1.165) is 5.56 Å². The largest absolute Gasteiger partial charge is 0.463 e. The Kier molecular flexibility index (Phi) is 4.35. The smallest absolute Gasteiger partial charge is 0.337 e. The number of carbonyl (C=O) groups is 1. The molecule has 0 radical (unpaired) electrons. The average Bonchev–Trinajstić information content (AvgIpc) is 2.86. The van der Waals surface area contributed by atoms with Crippen LogP contribution in [0.1, 0.15) is 22.8 Å². The Morgan fingerprint density at radius 3 is 3.11 bits per heavy atom. The molecule has 100 valence electrons. The van der Waals surface area contributed by atoms with Crippen LogP contribution in [0.2, 0.25) is 0 Å². The van der Waals surface area contributed by atoms with E-state index >= 15 is 0 Å². The summed E-state index contributed by atoms with van der Waals surface area (Å²) in [7, 11) is 0. The highest BCUT2D eigenvalue weighted by Crippen LogP contribution is 2.11. The number of halogens is 1. The van der Waals surface area contributed by atoms with Gasteiger partial charge in [-0.1, -0.05) is 12.1 Å². The summed E-state index contributed by atoms with van der Waals surface area (Å²) in [5.74, 6) is 0.314. The zero-order valence-corrected chi connectivity index (χ0v) is 11.1. The molecule has 0 saturated carbocycles. The van der Waals surface area contributed by atoms with Crippen molar-refractivity contribution in [2.75, 3.05) is 11.9 Å². The summed E-state index contributed by atoms with van der Waals surface area (Å²) < 4.78 is 5.09. The van der Waals surface area contributed by atoms with E-state index in [-0.39, 0.29) is 17.9 Å². The Morgan fingerprint density at radius 2 is 2.37 bits per heavy atom. The van der Waals surface area contributed by atoms with Crippen LogP contribution >= 0.6 is 11.6 Å². The van der Waals surface area contributed by atoms with Gasteiger partial charge in [-0.05, 0) is 24.6 Å². The summed E-state index contributed by atoms with van der Waals surface area (Å²) in [4.78, 5) is 15.9. The van der Waals surface area contributed by atoms with Gasteiger partial charge in [0.05, 0.1) is 6.61 Å². The van der Waals surface area contributed by atoms with Crippen LogP contribution in [0.25, 0.3) is 0 Å². The van der Waals surface area contributed by atoms with Gasteiger partial charge < -0.3 is 4.74 Å². The molecule has 6 nitrogen and oxygen atoms in total. The summed E-state index contributed by atoms with van der Waals surface area (Å²) in [6, 6.07) is 7.25. The first-order valence-corrected chi connectivity index (χ1v) is 6.28. The van der Waals surface area contributed by atoms with E-state index in [1.807, 2.05) is 13.0 Å². The SMILES string of the molecule is CCOc1n[nH]c(NC(=O)c2cccc(CCl)c2)n1. The van der Waals surface area contributed by atoms with Gasteiger partial charge in [0.2, 0.25) is 5.95 Å². The van der Waals surface area contributed by atoms with Crippen molar-refractivity contribution in [3.63, 3.8) is 0 Å². The number of hydrogen-bond donors (Lipinski definition) is 2. The highest BCUT2D eigenvalue weighted by atomic mass is 35.5. The minimum absolute atomic E-state index is 0.201. The lowest BCUT2D eigenvalue weighted by Gasteiger charge is -2.02. The number of aromatic nitrogens is 3. The maximum absolute atomic E-state index is 12.0. The third-order valence-corrected chi connectivity index (χ3v) is 2.62. The molecule has 1 amide bonds. The second-order valence-corrected chi connectivity index (χ2v) is 3.95. The van der Waals surface area contributed by atoms with E-state index in [4.69, 9.17) is 16.3 Å². The minimum atomic E-state index is -0.286. The first-order chi connectivity index (χ1) is 9.22. The number of hydrogen-bond acceptors (Lipinski definition) is 4. The molecule has 0 aliphatic heterocycles. The van der Waals surface area contributed by atoms with E-state index in [0.29, 0.717) is 18.1 Å². The maximum atomic E-state index is 12.0.